The number of aliphatic hydroxyl groups excluding tert-OH is 2. The van der Waals surface area contributed by atoms with Gasteiger partial charge < -0.3 is 34.3 Å². The summed E-state index contributed by atoms with van der Waals surface area (Å²) < 4.78 is 38.1. The Bertz CT molecular complexity index is 1370. The van der Waals surface area contributed by atoms with Crippen molar-refractivity contribution in [3.05, 3.63) is 76.6 Å². The lowest BCUT2D eigenvalue weighted by Crippen LogP contribution is -2.43. The topological polar surface area (TPSA) is 115 Å². The van der Waals surface area contributed by atoms with Crippen LogP contribution in [0.25, 0.3) is 11.1 Å². The Morgan fingerprint density at radius 3 is 2.48 bits per heavy atom. The van der Waals surface area contributed by atoms with Crippen LogP contribution < -0.4 is 14.2 Å². The first-order valence-electron chi connectivity index (χ1n) is 13.3. The summed E-state index contributed by atoms with van der Waals surface area (Å²) in [6, 6.07) is 14.0. The first-order chi connectivity index (χ1) is 19.2. The molecular formula is C31H33FO8. The highest BCUT2D eigenvalue weighted by molar-refractivity contribution is 5.73. The van der Waals surface area contributed by atoms with E-state index in [9.17, 15) is 15.0 Å². The zero-order chi connectivity index (χ0) is 28.4. The summed E-state index contributed by atoms with van der Waals surface area (Å²) in [6.07, 6.45) is -1.73. The molecule has 3 aromatic carbocycles. The van der Waals surface area contributed by atoms with E-state index in [0.29, 0.717) is 35.8 Å². The van der Waals surface area contributed by atoms with Crippen molar-refractivity contribution in [3.8, 4) is 28.4 Å². The van der Waals surface area contributed by atoms with Gasteiger partial charge in [-0.3, -0.25) is 4.79 Å². The molecule has 0 spiro atoms. The summed E-state index contributed by atoms with van der Waals surface area (Å²) in [4.78, 5) is 11.1. The van der Waals surface area contributed by atoms with Crippen molar-refractivity contribution in [2.75, 3.05) is 19.8 Å². The minimum Gasteiger partial charge on any atom is -0.492 e. The number of carboxylic acid groups (broad SMARTS) is 1. The molecule has 0 bridgehead atoms. The fourth-order valence-electron chi connectivity index (χ4n) is 5.32. The fraction of sp³-hybridized carbons (Fsp3) is 0.387. The summed E-state index contributed by atoms with van der Waals surface area (Å²) in [6.45, 7) is 4.65. The predicted molar refractivity (Wildman–Crippen MR) is 144 cm³/mol. The van der Waals surface area contributed by atoms with Gasteiger partial charge in [0.15, 0.2) is 0 Å². The van der Waals surface area contributed by atoms with Gasteiger partial charge in [-0.1, -0.05) is 12.1 Å². The number of halogens is 1. The number of aliphatic carboxylic acids is 1. The van der Waals surface area contributed by atoms with Gasteiger partial charge in [0.25, 0.3) is 0 Å². The van der Waals surface area contributed by atoms with Crippen molar-refractivity contribution in [3.63, 3.8) is 0 Å². The second-order valence-corrected chi connectivity index (χ2v) is 10.5. The largest absolute Gasteiger partial charge is 0.492 e. The lowest BCUT2D eigenvalue weighted by atomic mass is 9.94. The third kappa shape index (κ3) is 6.22. The summed E-state index contributed by atoms with van der Waals surface area (Å²) in [5.41, 5.74) is 4.58. The maximum Gasteiger partial charge on any atom is 0.304 e. The fourth-order valence-corrected chi connectivity index (χ4v) is 5.32. The average Bonchev–Trinajstić information content (AvgIpc) is 3.30. The van der Waals surface area contributed by atoms with Crippen LogP contribution in [-0.2, 0) is 16.1 Å². The third-order valence-electron chi connectivity index (χ3n) is 7.38. The molecule has 40 heavy (non-hydrogen) atoms. The van der Waals surface area contributed by atoms with Gasteiger partial charge in [-0.05, 0) is 66.4 Å². The van der Waals surface area contributed by atoms with Gasteiger partial charge in [-0.25, -0.2) is 4.39 Å². The van der Waals surface area contributed by atoms with Crippen LogP contribution in [0.4, 0.5) is 4.39 Å². The minimum absolute atomic E-state index is 0.0155. The molecule has 9 heteroatoms. The molecule has 2 aliphatic rings. The molecule has 0 radical (unpaired) electrons. The van der Waals surface area contributed by atoms with E-state index in [-0.39, 0.29) is 44.1 Å². The van der Waals surface area contributed by atoms with Crippen LogP contribution >= 0.6 is 0 Å². The number of rotatable bonds is 9. The highest BCUT2D eigenvalue weighted by atomic mass is 19.1. The monoisotopic (exact) mass is 552 g/mol. The van der Waals surface area contributed by atoms with Crippen molar-refractivity contribution in [1.29, 1.82) is 0 Å². The molecule has 0 aliphatic carbocycles. The number of ether oxygens (including phenoxy) is 4. The number of fused-ring (bicyclic) bond motifs is 1. The van der Waals surface area contributed by atoms with Crippen LogP contribution in [0.3, 0.4) is 0 Å². The van der Waals surface area contributed by atoms with Gasteiger partial charge >= 0.3 is 5.97 Å². The first-order valence-corrected chi connectivity index (χ1v) is 13.3. The number of benzene rings is 3. The number of aliphatic hydroxyl groups is 2. The Hall–Kier alpha value is -3.66. The van der Waals surface area contributed by atoms with Gasteiger partial charge in [-0.2, -0.15) is 0 Å². The third-order valence-corrected chi connectivity index (χ3v) is 7.38. The SMILES string of the molecule is Cc1cc(OC[C@@H]2C[C@@H](O)[C@@H](O)CO2)cc(C)c1-c1cc(COc2ccc3c(c2)OCC3CC(=O)O)ccc1F. The molecule has 1 fully saturated rings. The Morgan fingerprint density at radius 2 is 1.75 bits per heavy atom. The normalized spacial score (nSPS) is 21.9. The van der Waals surface area contributed by atoms with E-state index < -0.39 is 18.2 Å². The molecule has 4 atom stereocenters. The van der Waals surface area contributed by atoms with Crippen LogP contribution in [0.1, 0.15) is 41.0 Å². The van der Waals surface area contributed by atoms with Crippen molar-refractivity contribution >= 4 is 5.97 Å². The first kappa shape index (κ1) is 27.9. The molecule has 3 aromatic rings. The highest BCUT2D eigenvalue weighted by Gasteiger charge is 2.29. The molecule has 0 saturated carbocycles. The van der Waals surface area contributed by atoms with Crippen LogP contribution in [0.2, 0.25) is 0 Å². The number of hydrogen-bond donors (Lipinski definition) is 3. The summed E-state index contributed by atoms with van der Waals surface area (Å²) in [5, 5.41) is 28.6. The van der Waals surface area contributed by atoms with Gasteiger partial charge in [0.1, 0.15) is 42.4 Å². The Morgan fingerprint density at radius 1 is 0.975 bits per heavy atom. The molecule has 3 N–H and O–H groups in total. The molecule has 1 unspecified atom stereocenters. The molecule has 0 aromatic heterocycles. The van der Waals surface area contributed by atoms with Crippen molar-refractivity contribution in [1.82, 2.24) is 0 Å². The average molecular weight is 553 g/mol. The second kappa shape index (κ2) is 11.8. The van der Waals surface area contributed by atoms with Crippen molar-refractivity contribution < 1.29 is 43.5 Å². The van der Waals surface area contributed by atoms with Crippen molar-refractivity contribution in [2.45, 2.75) is 57.5 Å². The van der Waals surface area contributed by atoms with E-state index >= 15 is 4.39 Å². The highest BCUT2D eigenvalue weighted by Crippen LogP contribution is 2.39. The Balaban J connectivity index is 1.26. The Labute approximate surface area is 231 Å². The molecule has 2 heterocycles. The molecule has 8 nitrogen and oxygen atoms in total. The maximum atomic E-state index is 15.0. The lowest BCUT2D eigenvalue weighted by molar-refractivity contribution is -0.137. The second-order valence-electron chi connectivity index (χ2n) is 10.5. The molecule has 1 saturated heterocycles. The van der Waals surface area contributed by atoms with Crippen molar-refractivity contribution in [2.24, 2.45) is 0 Å². The minimum atomic E-state index is -0.878. The van der Waals surface area contributed by atoms with Gasteiger partial charge in [0, 0.05) is 29.5 Å². The van der Waals surface area contributed by atoms with E-state index in [0.717, 1.165) is 27.8 Å². The van der Waals surface area contributed by atoms with E-state index in [1.165, 1.54) is 6.07 Å². The summed E-state index contributed by atoms with van der Waals surface area (Å²) in [5.74, 6) is 0.443. The molecule has 212 valence electrons. The molecular weight excluding hydrogens is 519 g/mol. The number of carboxylic acids is 1. The predicted octanol–water partition coefficient (Wildman–Crippen LogP) is 4.53. The van der Waals surface area contributed by atoms with Crippen LogP contribution in [0.5, 0.6) is 17.2 Å². The van der Waals surface area contributed by atoms with Crippen LogP contribution in [0, 0.1) is 19.7 Å². The number of carbonyl (C=O) groups is 1. The standard InChI is InChI=1S/C31H33FO8/c1-17-7-22(38-15-23-11-27(33)28(34)16-39-23)8-18(2)31(17)25-9-19(3-6-26(25)32)13-37-21-4-5-24-20(10-30(35)36)14-40-29(24)12-21/h3-9,12,20,23,27-28,33-34H,10-11,13-16H2,1-2H3,(H,35,36)/t20?,23-,27+,28-/m0/s1. The van der Waals surface area contributed by atoms with Crippen LogP contribution in [-0.4, -0.2) is 59.4 Å². The van der Waals surface area contributed by atoms with E-state index in [4.69, 9.17) is 24.1 Å². The smallest absolute Gasteiger partial charge is 0.304 e. The van der Waals surface area contributed by atoms with Gasteiger partial charge in [0.05, 0.1) is 31.8 Å². The quantitative estimate of drug-likeness (QED) is 0.355. The zero-order valence-corrected chi connectivity index (χ0v) is 22.4. The van der Waals surface area contributed by atoms with Gasteiger partial charge in [0.2, 0.25) is 0 Å². The van der Waals surface area contributed by atoms with Crippen LogP contribution in [0.15, 0.2) is 48.5 Å². The molecule has 5 rings (SSSR count). The number of hydrogen-bond acceptors (Lipinski definition) is 7. The lowest BCUT2D eigenvalue weighted by Gasteiger charge is -2.30. The van der Waals surface area contributed by atoms with E-state index in [1.54, 1.807) is 24.3 Å². The molecule has 2 aliphatic heterocycles. The maximum absolute atomic E-state index is 15.0. The van der Waals surface area contributed by atoms with Gasteiger partial charge in [-0.15, -0.1) is 0 Å². The summed E-state index contributed by atoms with van der Waals surface area (Å²) >= 11 is 0. The Kier molecular flexibility index (Phi) is 8.25. The van der Waals surface area contributed by atoms with E-state index in [2.05, 4.69) is 0 Å². The van der Waals surface area contributed by atoms with E-state index in [1.807, 2.05) is 32.0 Å². The molecule has 0 amide bonds. The zero-order valence-electron chi connectivity index (χ0n) is 22.4. The number of aryl methyl sites for hydroxylation is 2. The summed E-state index contributed by atoms with van der Waals surface area (Å²) in [7, 11) is 0.